The predicted octanol–water partition coefficient (Wildman–Crippen LogP) is 2.68. The van der Waals surface area contributed by atoms with E-state index >= 15 is 0 Å². The van der Waals surface area contributed by atoms with Crippen molar-refractivity contribution in [2.45, 2.75) is 19.0 Å². The van der Waals surface area contributed by atoms with Crippen LogP contribution < -0.4 is 4.90 Å². The standard InChI is InChI=1S/C12H16ClF3N4/c1-19(6-7-20-4-2-3-5-20)10-8-9(12(14,15)16)17-11(13)18-10/h8H,2-7H2,1H3. The first-order chi connectivity index (χ1) is 9.36. The van der Waals surface area contributed by atoms with E-state index in [2.05, 4.69) is 14.9 Å². The van der Waals surface area contributed by atoms with Gasteiger partial charge in [-0.05, 0) is 37.5 Å². The summed E-state index contributed by atoms with van der Waals surface area (Å²) in [4.78, 5) is 11.0. The van der Waals surface area contributed by atoms with Crippen molar-refractivity contribution in [1.29, 1.82) is 0 Å². The molecule has 0 spiro atoms. The highest BCUT2D eigenvalue weighted by Crippen LogP contribution is 2.30. The summed E-state index contributed by atoms with van der Waals surface area (Å²) in [5.41, 5.74) is -1.01. The molecule has 0 radical (unpaired) electrons. The molecule has 112 valence electrons. The van der Waals surface area contributed by atoms with Gasteiger partial charge in [0.15, 0.2) is 5.69 Å². The molecule has 0 saturated carbocycles. The third-order valence-electron chi connectivity index (χ3n) is 3.32. The number of aromatic nitrogens is 2. The molecule has 0 bridgehead atoms. The molecule has 1 saturated heterocycles. The van der Waals surface area contributed by atoms with Gasteiger partial charge in [-0.2, -0.15) is 13.2 Å². The maximum absolute atomic E-state index is 12.7. The molecule has 1 fully saturated rings. The number of rotatable bonds is 4. The van der Waals surface area contributed by atoms with Gasteiger partial charge in [-0.25, -0.2) is 9.97 Å². The molecule has 0 amide bonds. The van der Waals surface area contributed by atoms with Crippen LogP contribution in [0.15, 0.2) is 6.07 Å². The monoisotopic (exact) mass is 308 g/mol. The molecule has 1 aromatic rings. The number of hydrogen-bond donors (Lipinski definition) is 0. The summed E-state index contributed by atoms with van der Waals surface area (Å²) >= 11 is 5.57. The molecule has 0 unspecified atom stereocenters. The molecule has 1 aromatic heterocycles. The number of likely N-dealkylation sites (tertiary alicyclic amines) is 1. The van der Waals surface area contributed by atoms with Gasteiger partial charge in [-0.15, -0.1) is 0 Å². The van der Waals surface area contributed by atoms with Crippen molar-refractivity contribution in [3.63, 3.8) is 0 Å². The molecule has 0 aliphatic carbocycles. The highest BCUT2D eigenvalue weighted by Gasteiger charge is 2.34. The molecular formula is C12H16ClF3N4. The summed E-state index contributed by atoms with van der Waals surface area (Å²) < 4.78 is 38.0. The van der Waals surface area contributed by atoms with Gasteiger partial charge in [0.05, 0.1) is 0 Å². The number of alkyl halides is 3. The number of hydrogen-bond acceptors (Lipinski definition) is 4. The van der Waals surface area contributed by atoms with E-state index in [0.717, 1.165) is 25.7 Å². The first-order valence-electron chi connectivity index (χ1n) is 6.41. The van der Waals surface area contributed by atoms with Crippen LogP contribution in [0.5, 0.6) is 0 Å². The van der Waals surface area contributed by atoms with Crippen molar-refractivity contribution in [3.05, 3.63) is 17.0 Å². The molecule has 2 heterocycles. The Kier molecular flexibility index (Phi) is 4.70. The van der Waals surface area contributed by atoms with E-state index in [0.29, 0.717) is 6.54 Å². The van der Waals surface area contributed by atoms with Crippen molar-refractivity contribution in [2.24, 2.45) is 0 Å². The van der Waals surface area contributed by atoms with E-state index < -0.39 is 11.9 Å². The van der Waals surface area contributed by atoms with Gasteiger partial charge in [0.25, 0.3) is 0 Å². The van der Waals surface area contributed by atoms with Gasteiger partial charge in [0.2, 0.25) is 5.28 Å². The topological polar surface area (TPSA) is 32.3 Å². The molecular weight excluding hydrogens is 293 g/mol. The van der Waals surface area contributed by atoms with Crippen LogP contribution in [-0.2, 0) is 6.18 Å². The minimum absolute atomic E-state index is 0.191. The molecule has 20 heavy (non-hydrogen) atoms. The number of anilines is 1. The highest BCUT2D eigenvalue weighted by atomic mass is 35.5. The van der Waals surface area contributed by atoms with Crippen molar-refractivity contribution >= 4 is 17.4 Å². The van der Waals surface area contributed by atoms with Crippen LogP contribution in [0.25, 0.3) is 0 Å². The Labute approximate surface area is 120 Å². The van der Waals surface area contributed by atoms with Crippen molar-refractivity contribution in [1.82, 2.24) is 14.9 Å². The Morgan fingerprint density at radius 1 is 1.30 bits per heavy atom. The first kappa shape index (κ1) is 15.3. The third kappa shape index (κ3) is 3.96. The lowest BCUT2D eigenvalue weighted by Crippen LogP contribution is -2.32. The molecule has 4 nitrogen and oxygen atoms in total. The van der Waals surface area contributed by atoms with E-state index in [9.17, 15) is 13.2 Å². The van der Waals surface area contributed by atoms with Gasteiger partial charge >= 0.3 is 6.18 Å². The zero-order valence-corrected chi connectivity index (χ0v) is 11.9. The quantitative estimate of drug-likeness (QED) is 0.801. The van der Waals surface area contributed by atoms with Crippen molar-refractivity contribution < 1.29 is 13.2 Å². The van der Waals surface area contributed by atoms with Crippen molar-refractivity contribution in [2.75, 3.05) is 38.1 Å². The lowest BCUT2D eigenvalue weighted by atomic mass is 10.3. The summed E-state index contributed by atoms with van der Waals surface area (Å²) in [6, 6.07) is 0.926. The SMILES string of the molecule is CN(CCN1CCCC1)c1cc(C(F)(F)F)nc(Cl)n1. The van der Waals surface area contributed by atoms with Gasteiger partial charge in [0, 0.05) is 26.2 Å². The van der Waals surface area contributed by atoms with E-state index in [1.54, 1.807) is 11.9 Å². The zero-order valence-electron chi connectivity index (χ0n) is 11.1. The van der Waals surface area contributed by atoms with E-state index in [1.807, 2.05) is 0 Å². The van der Waals surface area contributed by atoms with E-state index in [1.165, 1.54) is 12.8 Å². The third-order valence-corrected chi connectivity index (χ3v) is 3.49. The minimum Gasteiger partial charge on any atom is -0.358 e. The summed E-state index contributed by atoms with van der Waals surface area (Å²) in [5, 5.41) is -0.386. The number of halogens is 4. The second-order valence-electron chi connectivity index (χ2n) is 4.85. The van der Waals surface area contributed by atoms with Gasteiger partial charge in [-0.1, -0.05) is 0 Å². The van der Waals surface area contributed by atoms with Crippen LogP contribution in [0.3, 0.4) is 0 Å². The largest absolute Gasteiger partial charge is 0.433 e. The van der Waals surface area contributed by atoms with Crippen LogP contribution >= 0.6 is 11.6 Å². The molecule has 0 N–H and O–H groups in total. The van der Waals surface area contributed by atoms with Gasteiger partial charge < -0.3 is 9.80 Å². The Balaban J connectivity index is 2.04. The smallest absolute Gasteiger partial charge is 0.358 e. The summed E-state index contributed by atoms with van der Waals surface area (Å²) in [6.07, 6.45) is -2.15. The van der Waals surface area contributed by atoms with Crippen LogP contribution in [-0.4, -0.2) is 48.1 Å². The Hall–Kier alpha value is -1.08. The second kappa shape index (κ2) is 6.13. The second-order valence-corrected chi connectivity index (χ2v) is 5.19. The minimum atomic E-state index is -4.52. The van der Waals surface area contributed by atoms with E-state index in [4.69, 9.17) is 11.6 Å². The molecule has 0 atom stereocenters. The average molecular weight is 309 g/mol. The number of nitrogens with zero attached hydrogens (tertiary/aromatic N) is 4. The van der Waals surface area contributed by atoms with Crippen LogP contribution in [0, 0.1) is 0 Å². The van der Waals surface area contributed by atoms with E-state index in [-0.39, 0.29) is 11.1 Å². The summed E-state index contributed by atoms with van der Waals surface area (Å²) in [5.74, 6) is 0.191. The molecule has 8 heteroatoms. The average Bonchev–Trinajstić information content (AvgIpc) is 2.87. The van der Waals surface area contributed by atoms with Crippen LogP contribution in [0.1, 0.15) is 18.5 Å². The van der Waals surface area contributed by atoms with Crippen molar-refractivity contribution in [3.8, 4) is 0 Å². The Bertz CT molecular complexity index is 461. The lowest BCUT2D eigenvalue weighted by Gasteiger charge is -2.22. The lowest BCUT2D eigenvalue weighted by molar-refractivity contribution is -0.141. The maximum Gasteiger partial charge on any atom is 0.433 e. The summed E-state index contributed by atoms with van der Waals surface area (Å²) in [7, 11) is 1.70. The number of likely N-dealkylation sites (N-methyl/N-ethyl adjacent to an activating group) is 1. The van der Waals surface area contributed by atoms with Gasteiger partial charge in [0.1, 0.15) is 5.82 Å². The molecule has 1 aliphatic rings. The fourth-order valence-corrected chi connectivity index (χ4v) is 2.34. The summed E-state index contributed by atoms with van der Waals surface area (Å²) in [6.45, 7) is 3.50. The predicted molar refractivity (Wildman–Crippen MR) is 71.0 cm³/mol. The normalized spacial score (nSPS) is 16.6. The molecule has 0 aromatic carbocycles. The fraction of sp³-hybridized carbons (Fsp3) is 0.667. The molecule has 2 rings (SSSR count). The Morgan fingerprint density at radius 3 is 2.55 bits per heavy atom. The molecule has 1 aliphatic heterocycles. The van der Waals surface area contributed by atoms with Gasteiger partial charge in [-0.3, -0.25) is 0 Å². The maximum atomic E-state index is 12.7. The zero-order chi connectivity index (χ0) is 14.8. The first-order valence-corrected chi connectivity index (χ1v) is 6.79. The Morgan fingerprint density at radius 2 is 1.95 bits per heavy atom. The van der Waals surface area contributed by atoms with Crippen LogP contribution in [0.4, 0.5) is 19.0 Å². The highest BCUT2D eigenvalue weighted by molar-refractivity contribution is 6.28. The van der Waals surface area contributed by atoms with Crippen LogP contribution in [0.2, 0.25) is 5.28 Å². The fourth-order valence-electron chi connectivity index (χ4n) is 2.16.